The highest BCUT2D eigenvalue weighted by molar-refractivity contribution is 4.70. The Morgan fingerprint density at radius 1 is 1.00 bits per heavy atom. The molecule has 1 rings (SSSR count). The van der Waals surface area contributed by atoms with Crippen LogP contribution in [-0.2, 0) is 0 Å². The fraction of sp³-hybridized carbons (Fsp3) is 1.00. The van der Waals surface area contributed by atoms with Gasteiger partial charge in [0, 0.05) is 6.04 Å². The molecule has 0 saturated heterocycles. The molecule has 1 aliphatic rings. The van der Waals surface area contributed by atoms with Crippen molar-refractivity contribution in [3.05, 3.63) is 0 Å². The van der Waals surface area contributed by atoms with Crippen LogP contribution in [-0.4, -0.2) is 17.3 Å². The molecule has 2 unspecified atom stereocenters. The molecule has 0 aromatic rings. The summed E-state index contributed by atoms with van der Waals surface area (Å²) in [6.07, 6.45) is 6.38. The van der Waals surface area contributed by atoms with Gasteiger partial charge in [0.2, 0.25) is 0 Å². The van der Waals surface area contributed by atoms with Crippen LogP contribution >= 0.6 is 0 Å². The van der Waals surface area contributed by atoms with Crippen LogP contribution in [0.3, 0.4) is 0 Å². The molecule has 1 aliphatic carbocycles. The van der Waals surface area contributed by atoms with Gasteiger partial charge in [-0.05, 0) is 19.3 Å². The monoisotopic (exact) mass is 175 g/mol. The molecular weight excluding hydrogens is 150 g/mol. The molecule has 2 atom stereocenters. The summed E-state index contributed by atoms with van der Waals surface area (Å²) in [6, 6.07) is 0.246. The third-order valence-corrected chi connectivity index (χ3v) is 2.19. The van der Waals surface area contributed by atoms with E-state index in [2.05, 4.69) is 0 Å². The molecule has 0 aromatic heterocycles. The van der Waals surface area contributed by atoms with Crippen LogP contribution in [0.2, 0.25) is 0 Å². The maximum atomic E-state index is 9.30. The molecule has 3 N–H and O–H groups in total. The molecule has 2 nitrogen and oxygen atoms in total. The molecule has 2 heteroatoms. The topological polar surface area (TPSA) is 46.2 Å². The SMILES string of the molecule is C.C.NC1CCCCCC(O)C1. The minimum atomic E-state index is -0.129. The van der Waals surface area contributed by atoms with Gasteiger partial charge in [0.1, 0.15) is 0 Å². The summed E-state index contributed by atoms with van der Waals surface area (Å²) >= 11 is 0. The van der Waals surface area contributed by atoms with Crippen LogP contribution in [0.1, 0.15) is 53.4 Å². The van der Waals surface area contributed by atoms with E-state index in [1.165, 1.54) is 19.3 Å². The van der Waals surface area contributed by atoms with Gasteiger partial charge in [-0.2, -0.15) is 0 Å². The first-order valence-electron chi connectivity index (χ1n) is 4.22. The third-order valence-electron chi connectivity index (χ3n) is 2.19. The van der Waals surface area contributed by atoms with Gasteiger partial charge in [0.05, 0.1) is 6.10 Å². The molecule has 76 valence electrons. The molecule has 0 aliphatic heterocycles. The predicted octanol–water partition coefficient (Wildman–Crippen LogP) is 2.30. The Morgan fingerprint density at radius 3 is 2.25 bits per heavy atom. The number of nitrogens with two attached hydrogens (primary N) is 1. The smallest absolute Gasteiger partial charge is 0.0555 e. The van der Waals surface area contributed by atoms with Crippen molar-refractivity contribution >= 4 is 0 Å². The summed E-state index contributed by atoms with van der Waals surface area (Å²) < 4.78 is 0. The Morgan fingerprint density at radius 2 is 1.58 bits per heavy atom. The van der Waals surface area contributed by atoms with Gasteiger partial charge in [0.25, 0.3) is 0 Å². The van der Waals surface area contributed by atoms with Gasteiger partial charge in [-0.1, -0.05) is 34.1 Å². The van der Waals surface area contributed by atoms with Gasteiger partial charge >= 0.3 is 0 Å². The molecule has 0 bridgehead atoms. The zero-order valence-corrected chi connectivity index (χ0v) is 6.42. The maximum absolute atomic E-state index is 9.30. The Bertz CT molecular complexity index is 85.8. The summed E-state index contributed by atoms with van der Waals surface area (Å²) in [7, 11) is 0. The Labute approximate surface area is 77.2 Å². The molecule has 0 radical (unpaired) electrons. The Balaban J connectivity index is 0. The van der Waals surface area contributed by atoms with E-state index in [1.807, 2.05) is 0 Å². The lowest BCUT2D eigenvalue weighted by atomic mass is 9.95. The predicted molar refractivity (Wildman–Crippen MR) is 55.1 cm³/mol. The number of aliphatic hydroxyl groups is 1. The third kappa shape index (κ3) is 5.56. The van der Waals surface area contributed by atoms with Crippen LogP contribution in [0.25, 0.3) is 0 Å². The van der Waals surface area contributed by atoms with Gasteiger partial charge in [-0.3, -0.25) is 0 Å². The van der Waals surface area contributed by atoms with Gasteiger partial charge in [-0.25, -0.2) is 0 Å². The second-order valence-electron chi connectivity index (χ2n) is 3.29. The Kier molecular flexibility index (Phi) is 9.10. The van der Waals surface area contributed by atoms with Crippen LogP contribution in [0.15, 0.2) is 0 Å². The van der Waals surface area contributed by atoms with Crippen molar-refractivity contribution in [3.8, 4) is 0 Å². The molecular formula is C10H25NO. The highest BCUT2D eigenvalue weighted by Gasteiger charge is 2.12. The average Bonchev–Trinajstić information content (AvgIpc) is 1.83. The number of hydrogen-bond donors (Lipinski definition) is 2. The van der Waals surface area contributed by atoms with Crippen molar-refractivity contribution in [3.63, 3.8) is 0 Å². The van der Waals surface area contributed by atoms with Crippen molar-refractivity contribution in [2.45, 2.75) is 65.5 Å². The lowest BCUT2D eigenvalue weighted by Gasteiger charge is -2.19. The van der Waals surface area contributed by atoms with Crippen molar-refractivity contribution < 1.29 is 5.11 Å². The first-order valence-corrected chi connectivity index (χ1v) is 4.22. The summed E-state index contributed by atoms with van der Waals surface area (Å²) in [6.45, 7) is 0. The lowest BCUT2D eigenvalue weighted by molar-refractivity contribution is 0.134. The first-order chi connectivity index (χ1) is 4.79. The molecule has 0 amide bonds. The minimum Gasteiger partial charge on any atom is -0.393 e. The van der Waals surface area contributed by atoms with Crippen molar-refractivity contribution in [2.24, 2.45) is 5.73 Å². The zero-order chi connectivity index (χ0) is 7.40. The minimum absolute atomic E-state index is 0. The van der Waals surface area contributed by atoms with E-state index in [0.717, 1.165) is 19.3 Å². The molecule has 1 saturated carbocycles. The summed E-state index contributed by atoms with van der Waals surface area (Å²) in [5.74, 6) is 0. The maximum Gasteiger partial charge on any atom is 0.0555 e. The second-order valence-corrected chi connectivity index (χ2v) is 3.29. The molecule has 0 heterocycles. The molecule has 1 fully saturated rings. The van der Waals surface area contributed by atoms with Crippen molar-refractivity contribution in [2.75, 3.05) is 0 Å². The highest BCUT2D eigenvalue weighted by Crippen LogP contribution is 2.15. The van der Waals surface area contributed by atoms with E-state index in [1.54, 1.807) is 0 Å². The van der Waals surface area contributed by atoms with Gasteiger partial charge in [-0.15, -0.1) is 0 Å². The van der Waals surface area contributed by atoms with Gasteiger partial charge < -0.3 is 10.8 Å². The standard InChI is InChI=1S/C8H17NO.2CH4/c9-7-4-2-1-3-5-8(10)6-7;;/h7-8,10H,1-6,9H2;2*1H4. The molecule has 12 heavy (non-hydrogen) atoms. The molecule has 0 aromatic carbocycles. The highest BCUT2D eigenvalue weighted by atomic mass is 16.3. The number of hydrogen-bond acceptors (Lipinski definition) is 2. The summed E-state index contributed by atoms with van der Waals surface area (Å²) in [5, 5.41) is 9.30. The van der Waals surface area contributed by atoms with Crippen LogP contribution < -0.4 is 5.73 Å². The largest absolute Gasteiger partial charge is 0.393 e. The summed E-state index contributed by atoms with van der Waals surface area (Å²) in [4.78, 5) is 0. The van der Waals surface area contributed by atoms with Crippen molar-refractivity contribution in [1.29, 1.82) is 0 Å². The van der Waals surface area contributed by atoms with E-state index in [4.69, 9.17) is 5.73 Å². The fourth-order valence-corrected chi connectivity index (χ4v) is 1.55. The summed E-state index contributed by atoms with van der Waals surface area (Å²) in [5.41, 5.74) is 5.73. The van der Waals surface area contributed by atoms with E-state index >= 15 is 0 Å². The van der Waals surface area contributed by atoms with Crippen molar-refractivity contribution in [1.82, 2.24) is 0 Å². The van der Waals surface area contributed by atoms with E-state index < -0.39 is 0 Å². The van der Waals surface area contributed by atoms with Gasteiger partial charge in [0.15, 0.2) is 0 Å². The lowest BCUT2D eigenvalue weighted by Crippen LogP contribution is -2.27. The average molecular weight is 175 g/mol. The molecule has 0 spiro atoms. The van der Waals surface area contributed by atoms with Crippen LogP contribution in [0, 0.1) is 0 Å². The van der Waals surface area contributed by atoms with E-state index in [0.29, 0.717) is 0 Å². The second kappa shape index (κ2) is 7.56. The number of rotatable bonds is 0. The zero-order valence-electron chi connectivity index (χ0n) is 6.42. The normalized spacial score (nSPS) is 30.5. The number of aliphatic hydroxyl groups excluding tert-OH is 1. The first kappa shape index (κ1) is 14.4. The van der Waals surface area contributed by atoms with E-state index in [-0.39, 0.29) is 27.0 Å². The Hall–Kier alpha value is -0.0800. The fourth-order valence-electron chi connectivity index (χ4n) is 1.55. The van der Waals surface area contributed by atoms with Crippen LogP contribution in [0.5, 0.6) is 0 Å². The van der Waals surface area contributed by atoms with E-state index in [9.17, 15) is 5.11 Å². The quantitative estimate of drug-likeness (QED) is 0.593. The van der Waals surface area contributed by atoms with Crippen LogP contribution in [0.4, 0.5) is 0 Å².